The van der Waals surface area contributed by atoms with Gasteiger partial charge in [0.2, 0.25) is 0 Å². The summed E-state index contributed by atoms with van der Waals surface area (Å²) < 4.78 is 5.42. The van der Waals surface area contributed by atoms with E-state index in [4.69, 9.17) is 9.57 Å². The molecule has 0 aliphatic carbocycles. The third-order valence-corrected chi connectivity index (χ3v) is 3.75. The van der Waals surface area contributed by atoms with E-state index in [0.717, 1.165) is 4.90 Å². The number of hydrogen-bond acceptors (Lipinski definition) is 7. The Morgan fingerprint density at radius 3 is 2.08 bits per heavy atom. The van der Waals surface area contributed by atoms with E-state index in [1.165, 1.54) is 36.4 Å². The Morgan fingerprint density at radius 1 is 0.923 bits per heavy atom. The first-order valence-electron chi connectivity index (χ1n) is 7.80. The van der Waals surface area contributed by atoms with Crippen molar-refractivity contribution in [1.29, 1.82) is 0 Å². The van der Waals surface area contributed by atoms with Crippen molar-refractivity contribution in [3.63, 3.8) is 0 Å². The number of carbonyl (C=O) groups excluding carboxylic acids is 5. The fourth-order valence-corrected chi connectivity index (χ4v) is 2.39. The van der Waals surface area contributed by atoms with Crippen LogP contribution in [0.4, 0.5) is 0 Å². The van der Waals surface area contributed by atoms with Crippen molar-refractivity contribution in [3.05, 3.63) is 42.0 Å². The molecule has 26 heavy (non-hydrogen) atoms. The maximum absolute atomic E-state index is 12.0. The van der Waals surface area contributed by atoms with Crippen molar-refractivity contribution in [1.82, 2.24) is 9.96 Å². The SMILES string of the molecule is O=C(ON1C(=O)CCC1=O)c1ccc(OCCN2C(=O)C=CC2=O)cc1. The van der Waals surface area contributed by atoms with Gasteiger partial charge >= 0.3 is 5.97 Å². The van der Waals surface area contributed by atoms with Crippen LogP contribution in [-0.2, 0) is 24.0 Å². The third kappa shape index (κ3) is 3.61. The first kappa shape index (κ1) is 17.3. The molecule has 9 heteroatoms. The van der Waals surface area contributed by atoms with Gasteiger partial charge < -0.3 is 9.57 Å². The van der Waals surface area contributed by atoms with Gasteiger partial charge in [0.05, 0.1) is 12.1 Å². The molecular weight excluding hydrogens is 344 g/mol. The molecule has 1 fully saturated rings. The molecule has 1 saturated heterocycles. The molecule has 4 amide bonds. The molecule has 0 spiro atoms. The quantitative estimate of drug-likeness (QED) is 0.669. The van der Waals surface area contributed by atoms with E-state index in [2.05, 4.69) is 0 Å². The van der Waals surface area contributed by atoms with Gasteiger partial charge in [-0.15, -0.1) is 5.06 Å². The van der Waals surface area contributed by atoms with Gasteiger partial charge in [-0.1, -0.05) is 0 Å². The summed E-state index contributed by atoms with van der Waals surface area (Å²) in [5.74, 6) is -2.29. The molecule has 1 aromatic carbocycles. The monoisotopic (exact) mass is 358 g/mol. The number of imide groups is 2. The van der Waals surface area contributed by atoms with Crippen LogP contribution in [0.2, 0.25) is 0 Å². The van der Waals surface area contributed by atoms with Crippen molar-refractivity contribution in [2.45, 2.75) is 12.8 Å². The zero-order valence-corrected chi connectivity index (χ0v) is 13.5. The van der Waals surface area contributed by atoms with Crippen LogP contribution >= 0.6 is 0 Å². The van der Waals surface area contributed by atoms with E-state index in [-0.39, 0.29) is 43.4 Å². The Labute approximate surface area is 147 Å². The van der Waals surface area contributed by atoms with Crippen LogP contribution in [0, 0.1) is 0 Å². The summed E-state index contributed by atoms with van der Waals surface area (Å²) in [5, 5.41) is 0.477. The molecule has 0 aromatic heterocycles. The third-order valence-electron chi connectivity index (χ3n) is 3.75. The smallest absolute Gasteiger partial charge is 0.363 e. The lowest BCUT2D eigenvalue weighted by Gasteiger charge is -2.14. The molecule has 2 aliphatic heterocycles. The van der Waals surface area contributed by atoms with Gasteiger partial charge in [0, 0.05) is 25.0 Å². The number of benzene rings is 1. The van der Waals surface area contributed by atoms with Crippen LogP contribution in [0.25, 0.3) is 0 Å². The second kappa shape index (κ2) is 7.18. The van der Waals surface area contributed by atoms with E-state index < -0.39 is 17.8 Å². The normalized spacial score (nSPS) is 16.6. The molecular formula is C17H14N2O7. The number of rotatable bonds is 6. The maximum Gasteiger partial charge on any atom is 0.363 e. The number of nitrogens with zero attached hydrogens (tertiary/aromatic N) is 2. The highest BCUT2D eigenvalue weighted by atomic mass is 16.7. The van der Waals surface area contributed by atoms with Crippen LogP contribution in [0.1, 0.15) is 23.2 Å². The number of ether oxygens (including phenoxy) is 1. The van der Waals surface area contributed by atoms with Crippen molar-refractivity contribution < 1.29 is 33.5 Å². The van der Waals surface area contributed by atoms with Crippen LogP contribution in [0.15, 0.2) is 36.4 Å². The Hall–Kier alpha value is -3.49. The topological polar surface area (TPSA) is 110 Å². The number of hydroxylamine groups is 2. The summed E-state index contributed by atoms with van der Waals surface area (Å²) in [4.78, 5) is 63.5. The van der Waals surface area contributed by atoms with Gasteiger partial charge in [-0.25, -0.2) is 4.79 Å². The van der Waals surface area contributed by atoms with Gasteiger partial charge in [-0.3, -0.25) is 24.1 Å². The number of carbonyl (C=O) groups is 5. The summed E-state index contributed by atoms with van der Waals surface area (Å²) in [7, 11) is 0. The summed E-state index contributed by atoms with van der Waals surface area (Å²) in [5.41, 5.74) is 0.138. The zero-order chi connectivity index (χ0) is 18.7. The summed E-state index contributed by atoms with van der Waals surface area (Å²) >= 11 is 0. The molecule has 0 atom stereocenters. The summed E-state index contributed by atoms with van der Waals surface area (Å²) in [6.45, 7) is 0.202. The molecule has 2 heterocycles. The summed E-state index contributed by atoms with van der Waals surface area (Å²) in [6, 6.07) is 5.82. The van der Waals surface area contributed by atoms with Crippen molar-refractivity contribution in [3.8, 4) is 5.75 Å². The second-order valence-corrected chi connectivity index (χ2v) is 5.49. The van der Waals surface area contributed by atoms with Gasteiger partial charge in [0.25, 0.3) is 23.6 Å². The first-order valence-corrected chi connectivity index (χ1v) is 7.80. The van der Waals surface area contributed by atoms with Crippen molar-refractivity contribution in [2.75, 3.05) is 13.2 Å². The Morgan fingerprint density at radius 2 is 1.50 bits per heavy atom. The molecule has 0 N–H and O–H groups in total. The first-order chi connectivity index (χ1) is 12.5. The number of hydrogen-bond donors (Lipinski definition) is 0. The molecule has 3 rings (SSSR count). The lowest BCUT2D eigenvalue weighted by Crippen LogP contribution is -2.33. The lowest BCUT2D eigenvalue weighted by atomic mass is 10.2. The van der Waals surface area contributed by atoms with Crippen LogP contribution < -0.4 is 4.74 Å². The van der Waals surface area contributed by atoms with Crippen molar-refractivity contribution >= 4 is 29.6 Å². The molecule has 1 aromatic rings. The minimum Gasteiger partial charge on any atom is -0.492 e. The summed E-state index contributed by atoms with van der Waals surface area (Å²) in [6.07, 6.45) is 2.43. The van der Waals surface area contributed by atoms with Gasteiger partial charge in [0.1, 0.15) is 12.4 Å². The predicted molar refractivity (Wildman–Crippen MR) is 84.3 cm³/mol. The van der Waals surface area contributed by atoms with E-state index in [1.54, 1.807) is 0 Å². The second-order valence-electron chi connectivity index (χ2n) is 5.49. The van der Waals surface area contributed by atoms with E-state index in [1.807, 2.05) is 0 Å². The van der Waals surface area contributed by atoms with E-state index in [0.29, 0.717) is 10.8 Å². The van der Waals surface area contributed by atoms with Crippen molar-refractivity contribution in [2.24, 2.45) is 0 Å². The zero-order valence-electron chi connectivity index (χ0n) is 13.5. The Balaban J connectivity index is 1.51. The highest BCUT2D eigenvalue weighted by Crippen LogP contribution is 2.17. The fraction of sp³-hybridized carbons (Fsp3) is 0.235. The average molecular weight is 358 g/mol. The standard InChI is InChI=1S/C17H14N2O7/c20-13-5-6-14(21)18(13)9-10-25-12-3-1-11(2-4-12)17(24)26-19-15(22)7-8-16(19)23/h1-6H,7-10H2. The molecule has 9 nitrogen and oxygen atoms in total. The van der Waals surface area contributed by atoms with E-state index >= 15 is 0 Å². The molecule has 0 radical (unpaired) electrons. The van der Waals surface area contributed by atoms with Gasteiger partial charge in [-0.05, 0) is 24.3 Å². The lowest BCUT2D eigenvalue weighted by molar-refractivity contribution is -0.172. The molecule has 134 valence electrons. The van der Waals surface area contributed by atoms with E-state index in [9.17, 15) is 24.0 Å². The molecule has 0 saturated carbocycles. The maximum atomic E-state index is 12.0. The highest BCUT2D eigenvalue weighted by Gasteiger charge is 2.33. The molecule has 0 unspecified atom stereocenters. The van der Waals surface area contributed by atoms with Crippen LogP contribution in [0.5, 0.6) is 5.75 Å². The average Bonchev–Trinajstić information content (AvgIpc) is 3.12. The van der Waals surface area contributed by atoms with Gasteiger partial charge in [-0.2, -0.15) is 0 Å². The minimum atomic E-state index is -0.834. The van der Waals surface area contributed by atoms with Crippen LogP contribution in [-0.4, -0.2) is 52.7 Å². The van der Waals surface area contributed by atoms with Gasteiger partial charge in [0.15, 0.2) is 0 Å². The fourth-order valence-electron chi connectivity index (χ4n) is 2.39. The largest absolute Gasteiger partial charge is 0.492 e. The Bertz CT molecular complexity index is 779. The van der Waals surface area contributed by atoms with Crippen LogP contribution in [0.3, 0.4) is 0 Å². The molecule has 0 bridgehead atoms. The minimum absolute atomic E-state index is 0.0242. The molecule has 2 aliphatic rings. The predicted octanol–water partition coefficient (Wildman–Crippen LogP) is 0.211. The Kier molecular flexibility index (Phi) is 4.78. The highest BCUT2D eigenvalue weighted by molar-refractivity contribution is 6.12. The number of amides is 4.